The smallest absolute Gasteiger partial charge is 0.312 e. The number of nitriles is 1. The number of aliphatic carboxylic acids is 1. The second-order valence-corrected chi connectivity index (χ2v) is 9.45. The summed E-state index contributed by atoms with van der Waals surface area (Å²) >= 11 is 0. The first kappa shape index (κ1) is 23.9. The van der Waals surface area contributed by atoms with E-state index in [0.717, 1.165) is 6.42 Å². The summed E-state index contributed by atoms with van der Waals surface area (Å²) in [5.41, 5.74) is -0.194. The molecule has 5 nitrogen and oxygen atoms in total. The highest BCUT2D eigenvalue weighted by Gasteiger charge is 2.58. The molecule has 0 aliphatic carbocycles. The molecule has 0 bridgehead atoms. The number of carboxylic acids is 1. The van der Waals surface area contributed by atoms with E-state index in [1.165, 1.54) is 19.2 Å². The van der Waals surface area contributed by atoms with Gasteiger partial charge in [0.1, 0.15) is 11.6 Å². The van der Waals surface area contributed by atoms with Crippen LogP contribution in [0.3, 0.4) is 0 Å². The lowest BCUT2D eigenvalue weighted by Gasteiger charge is -2.48. The molecule has 0 fully saturated rings. The van der Waals surface area contributed by atoms with Gasteiger partial charge in [0.15, 0.2) is 0 Å². The Morgan fingerprint density at radius 3 is 2.57 bits per heavy atom. The van der Waals surface area contributed by atoms with Crippen molar-refractivity contribution in [3.8, 4) is 11.8 Å². The maximum atomic E-state index is 13.9. The molecule has 2 rings (SSSR count). The van der Waals surface area contributed by atoms with Crippen LogP contribution in [0.25, 0.3) is 0 Å². The number of aliphatic imine (C=N–C) groups is 1. The fourth-order valence-electron chi connectivity index (χ4n) is 4.64. The van der Waals surface area contributed by atoms with Gasteiger partial charge in [-0.05, 0) is 37.7 Å². The van der Waals surface area contributed by atoms with Crippen LogP contribution in [-0.2, 0) is 4.79 Å². The molecule has 1 heterocycles. The normalized spacial score (nSPS) is 26.6. The lowest BCUT2D eigenvalue weighted by Crippen LogP contribution is -2.53. The largest absolute Gasteiger partial charge is 0.496 e. The zero-order chi connectivity index (χ0) is 22.7. The molecule has 1 aromatic carbocycles. The first-order valence-electron chi connectivity index (χ1n) is 10.5. The van der Waals surface area contributed by atoms with Crippen LogP contribution in [0.15, 0.2) is 23.2 Å². The van der Waals surface area contributed by atoms with E-state index in [0.29, 0.717) is 30.5 Å². The van der Waals surface area contributed by atoms with Gasteiger partial charge in [-0.3, -0.25) is 9.79 Å². The van der Waals surface area contributed by atoms with Crippen molar-refractivity contribution in [3.05, 3.63) is 29.6 Å². The number of carboxylic acid groups (broad SMARTS) is 1. The van der Waals surface area contributed by atoms with E-state index in [4.69, 9.17) is 9.73 Å². The number of methoxy groups -OCH3 is 1. The topological polar surface area (TPSA) is 82.7 Å². The molecule has 0 saturated carbocycles. The van der Waals surface area contributed by atoms with Gasteiger partial charge < -0.3 is 9.84 Å². The summed E-state index contributed by atoms with van der Waals surface area (Å²) in [5.74, 6) is -2.57. The Morgan fingerprint density at radius 2 is 2.07 bits per heavy atom. The maximum Gasteiger partial charge on any atom is 0.312 e. The predicted molar refractivity (Wildman–Crippen MR) is 115 cm³/mol. The van der Waals surface area contributed by atoms with Crippen LogP contribution in [0.1, 0.15) is 71.8 Å². The Labute approximate surface area is 179 Å². The molecule has 0 amide bonds. The zero-order valence-electron chi connectivity index (χ0n) is 18.8. The van der Waals surface area contributed by atoms with Crippen molar-refractivity contribution in [2.24, 2.45) is 21.7 Å². The van der Waals surface area contributed by atoms with Crippen LogP contribution in [-0.4, -0.2) is 29.9 Å². The van der Waals surface area contributed by atoms with E-state index < -0.39 is 35.1 Å². The molecule has 0 spiro atoms. The summed E-state index contributed by atoms with van der Waals surface area (Å²) in [6.07, 6.45) is 2.41. The molecule has 4 atom stereocenters. The molecular formula is C24H33FN2O3. The van der Waals surface area contributed by atoms with Crippen molar-refractivity contribution in [2.75, 3.05) is 7.11 Å². The third kappa shape index (κ3) is 4.50. The quantitative estimate of drug-likeness (QED) is 0.627. The van der Waals surface area contributed by atoms with E-state index in [1.54, 1.807) is 13.0 Å². The molecular weight excluding hydrogens is 383 g/mol. The van der Waals surface area contributed by atoms with Crippen LogP contribution < -0.4 is 4.74 Å². The molecule has 1 aliphatic heterocycles. The van der Waals surface area contributed by atoms with Gasteiger partial charge in [0.05, 0.1) is 30.6 Å². The monoisotopic (exact) mass is 416 g/mol. The average Bonchev–Trinajstić information content (AvgIpc) is 2.66. The van der Waals surface area contributed by atoms with Gasteiger partial charge in [-0.2, -0.15) is 5.26 Å². The van der Waals surface area contributed by atoms with Gasteiger partial charge >= 0.3 is 5.97 Å². The number of hydrogen-bond donors (Lipinski definition) is 1. The lowest BCUT2D eigenvalue weighted by atomic mass is 9.56. The molecule has 30 heavy (non-hydrogen) atoms. The van der Waals surface area contributed by atoms with Gasteiger partial charge in [-0.25, -0.2) is 4.39 Å². The number of ether oxygens (including phenoxy) is 1. The third-order valence-corrected chi connectivity index (χ3v) is 6.21. The predicted octanol–water partition coefficient (Wildman–Crippen LogP) is 5.60. The fourth-order valence-corrected chi connectivity index (χ4v) is 4.64. The molecule has 6 heteroatoms. The van der Waals surface area contributed by atoms with E-state index in [2.05, 4.69) is 26.8 Å². The van der Waals surface area contributed by atoms with Crippen LogP contribution in [0.5, 0.6) is 5.75 Å². The Bertz CT molecular complexity index is 853. The molecule has 1 aliphatic rings. The van der Waals surface area contributed by atoms with E-state index in [1.807, 2.05) is 6.92 Å². The summed E-state index contributed by atoms with van der Waals surface area (Å²) in [4.78, 5) is 17.8. The van der Waals surface area contributed by atoms with Crippen LogP contribution in [0.2, 0.25) is 0 Å². The number of nitrogens with zero attached hydrogens (tertiary/aromatic N) is 2. The standard InChI is InChI=1S/C24H33FN2O3/c1-7-8-20-24(22(28)29,12-11-23(3,4)5)21(18(14-26)15(2)27-20)17-10-9-16(25)13-19(17)30-6/h9-10,13,18,20-21H,7-8,11-12H2,1-6H3,(H,28,29). The number of benzene rings is 1. The summed E-state index contributed by atoms with van der Waals surface area (Å²) in [7, 11) is 1.44. The van der Waals surface area contributed by atoms with Crippen molar-refractivity contribution in [2.45, 2.75) is 72.3 Å². The second-order valence-electron chi connectivity index (χ2n) is 9.45. The van der Waals surface area contributed by atoms with Crippen molar-refractivity contribution in [1.82, 2.24) is 0 Å². The van der Waals surface area contributed by atoms with Crippen molar-refractivity contribution >= 4 is 11.7 Å². The minimum atomic E-state index is -1.28. The number of halogens is 1. The van der Waals surface area contributed by atoms with Gasteiger partial charge in [-0.15, -0.1) is 0 Å². The molecule has 1 aromatic rings. The van der Waals surface area contributed by atoms with Crippen molar-refractivity contribution in [3.63, 3.8) is 0 Å². The number of rotatable bonds is 7. The van der Waals surface area contributed by atoms with Crippen molar-refractivity contribution in [1.29, 1.82) is 5.26 Å². The number of carbonyl (C=O) groups is 1. The fraction of sp³-hybridized carbons (Fsp3) is 0.625. The summed E-state index contributed by atoms with van der Waals surface area (Å²) in [5, 5.41) is 20.7. The zero-order valence-corrected chi connectivity index (χ0v) is 18.8. The lowest BCUT2D eigenvalue weighted by molar-refractivity contribution is -0.154. The first-order valence-corrected chi connectivity index (χ1v) is 10.5. The summed E-state index contributed by atoms with van der Waals surface area (Å²) < 4.78 is 19.4. The maximum absolute atomic E-state index is 13.9. The molecule has 164 valence electrons. The van der Waals surface area contributed by atoms with Gasteiger partial charge in [0.2, 0.25) is 0 Å². The van der Waals surface area contributed by atoms with E-state index in [9.17, 15) is 19.6 Å². The van der Waals surface area contributed by atoms with Gasteiger partial charge in [0, 0.05) is 23.3 Å². The molecule has 1 N–H and O–H groups in total. The third-order valence-electron chi connectivity index (χ3n) is 6.21. The molecule has 0 aromatic heterocycles. The summed E-state index contributed by atoms with van der Waals surface area (Å²) in [6, 6.07) is 5.96. The SMILES string of the molecule is CCCC1N=C(C)C(C#N)C(c2ccc(F)cc2OC)C1(CCC(C)(C)C)C(=O)O. The molecule has 0 radical (unpaired) electrons. The summed E-state index contributed by atoms with van der Waals surface area (Å²) in [6.45, 7) is 10.0. The Hall–Kier alpha value is -2.42. The van der Waals surface area contributed by atoms with Crippen LogP contribution in [0, 0.1) is 33.9 Å². The van der Waals surface area contributed by atoms with Gasteiger partial charge in [0.25, 0.3) is 0 Å². The Morgan fingerprint density at radius 1 is 1.40 bits per heavy atom. The van der Waals surface area contributed by atoms with Crippen LogP contribution in [0.4, 0.5) is 4.39 Å². The van der Waals surface area contributed by atoms with Crippen molar-refractivity contribution < 1.29 is 19.0 Å². The molecule has 0 saturated heterocycles. The van der Waals surface area contributed by atoms with E-state index in [-0.39, 0.29) is 11.2 Å². The van der Waals surface area contributed by atoms with Crippen LogP contribution >= 0.6 is 0 Å². The van der Waals surface area contributed by atoms with Gasteiger partial charge in [-0.1, -0.05) is 40.2 Å². The highest BCUT2D eigenvalue weighted by atomic mass is 19.1. The highest BCUT2D eigenvalue weighted by Crippen LogP contribution is 2.55. The Balaban J connectivity index is 2.83. The highest BCUT2D eigenvalue weighted by molar-refractivity contribution is 5.92. The minimum Gasteiger partial charge on any atom is -0.496 e. The number of hydrogen-bond acceptors (Lipinski definition) is 4. The second kappa shape index (κ2) is 9.16. The van der Waals surface area contributed by atoms with E-state index >= 15 is 0 Å². The molecule has 4 unspecified atom stereocenters. The average molecular weight is 417 g/mol. The first-order chi connectivity index (χ1) is 14.0. The Kier molecular flexibility index (Phi) is 7.28. The minimum absolute atomic E-state index is 0.0883.